The Morgan fingerprint density at radius 2 is 1.96 bits per heavy atom. The minimum Gasteiger partial charge on any atom is -0.356 e. The van der Waals surface area contributed by atoms with Crippen LogP contribution in [0.3, 0.4) is 0 Å². The van der Waals surface area contributed by atoms with E-state index in [2.05, 4.69) is 23.7 Å². The summed E-state index contributed by atoms with van der Waals surface area (Å²) in [6, 6.07) is 5.57. The molecule has 1 aliphatic rings. The van der Waals surface area contributed by atoms with E-state index in [0.717, 1.165) is 64.9 Å². The van der Waals surface area contributed by atoms with Gasteiger partial charge in [-0.05, 0) is 57.2 Å². The number of aromatic amines is 1. The lowest BCUT2D eigenvalue weighted by atomic mass is 10.1. The Morgan fingerprint density at radius 3 is 2.63 bits per heavy atom. The molecule has 0 aliphatic heterocycles. The quantitative estimate of drug-likeness (QED) is 0.535. The molecule has 0 saturated heterocycles. The summed E-state index contributed by atoms with van der Waals surface area (Å²) in [5.41, 5.74) is 3.83. The molecule has 4 rings (SSSR count). The maximum atomic E-state index is 6.48. The van der Waals surface area contributed by atoms with Crippen LogP contribution in [0, 0.1) is 19.8 Å². The molecule has 6 heteroatoms. The maximum absolute atomic E-state index is 6.48. The van der Waals surface area contributed by atoms with Gasteiger partial charge in [-0.25, -0.2) is 9.97 Å². The maximum Gasteiger partial charge on any atom is 0.142 e. The zero-order valence-electron chi connectivity index (χ0n) is 15.9. The van der Waals surface area contributed by atoms with Gasteiger partial charge in [-0.15, -0.1) is 0 Å². The van der Waals surface area contributed by atoms with Gasteiger partial charge in [-0.2, -0.15) is 0 Å². The molecule has 1 saturated carbocycles. The summed E-state index contributed by atoms with van der Waals surface area (Å²) in [7, 11) is 0. The van der Waals surface area contributed by atoms with Crippen molar-refractivity contribution in [2.75, 3.05) is 18.0 Å². The van der Waals surface area contributed by atoms with Crippen LogP contribution in [0.15, 0.2) is 18.2 Å². The predicted molar refractivity (Wildman–Crippen MR) is 114 cm³/mol. The summed E-state index contributed by atoms with van der Waals surface area (Å²) in [4.78, 5) is 15.6. The third kappa shape index (κ3) is 3.65. The van der Waals surface area contributed by atoms with Gasteiger partial charge in [0.25, 0.3) is 0 Å². The highest BCUT2D eigenvalue weighted by atomic mass is 35.5. The minimum absolute atomic E-state index is 0.617. The number of aryl methyl sites for hydroxylation is 2. The smallest absolute Gasteiger partial charge is 0.142 e. The molecule has 0 atom stereocenters. The van der Waals surface area contributed by atoms with E-state index < -0.39 is 0 Å². The summed E-state index contributed by atoms with van der Waals surface area (Å²) >= 11 is 12.6. The fourth-order valence-electron chi connectivity index (χ4n) is 3.67. The highest BCUT2D eigenvalue weighted by Gasteiger charge is 2.27. The summed E-state index contributed by atoms with van der Waals surface area (Å²) in [6.07, 6.45) is 3.74. The number of benzene rings is 1. The number of hydrogen-bond donors (Lipinski definition) is 1. The van der Waals surface area contributed by atoms with E-state index in [9.17, 15) is 0 Å². The molecule has 3 aromatic rings. The van der Waals surface area contributed by atoms with E-state index >= 15 is 0 Å². The number of H-pyrrole nitrogens is 1. The third-order valence-electron chi connectivity index (χ3n) is 5.10. The van der Waals surface area contributed by atoms with E-state index in [1.54, 1.807) is 6.07 Å². The first-order valence-corrected chi connectivity index (χ1v) is 10.3. The Bertz CT molecular complexity index is 992. The molecule has 2 aromatic heterocycles. The first-order valence-electron chi connectivity index (χ1n) is 9.55. The summed E-state index contributed by atoms with van der Waals surface area (Å²) in [5, 5.41) is 2.34. The van der Waals surface area contributed by atoms with Gasteiger partial charge in [0.05, 0.1) is 16.1 Å². The molecule has 0 amide bonds. The average molecular weight is 403 g/mol. The standard InChI is InChI=1S/C21H24Cl2N4/c1-4-9-27(11-14-5-6-14)21-18-12(2)24-19(20(18)25-13(3)26-21)16-8-7-15(22)10-17(16)23/h7-8,10,14,24H,4-6,9,11H2,1-3H3. The summed E-state index contributed by atoms with van der Waals surface area (Å²) in [6.45, 7) is 8.33. The van der Waals surface area contributed by atoms with Crippen LogP contribution in [0.25, 0.3) is 22.2 Å². The molecule has 0 spiro atoms. The van der Waals surface area contributed by atoms with Gasteiger partial charge in [-0.3, -0.25) is 0 Å². The fourth-order valence-corrected chi connectivity index (χ4v) is 4.18. The van der Waals surface area contributed by atoms with Gasteiger partial charge in [0.2, 0.25) is 0 Å². The first-order chi connectivity index (χ1) is 13.0. The van der Waals surface area contributed by atoms with Crippen molar-refractivity contribution >= 4 is 39.9 Å². The second-order valence-corrected chi connectivity index (χ2v) is 8.30. The zero-order chi connectivity index (χ0) is 19.1. The lowest BCUT2D eigenvalue weighted by molar-refractivity contribution is 0.699. The second-order valence-electron chi connectivity index (χ2n) is 7.46. The van der Waals surface area contributed by atoms with E-state index in [-0.39, 0.29) is 0 Å². The predicted octanol–water partition coefficient (Wildman–Crippen LogP) is 6.17. The molecule has 2 heterocycles. The second kappa shape index (κ2) is 7.33. The number of nitrogens with one attached hydrogen (secondary N) is 1. The Morgan fingerprint density at radius 1 is 1.19 bits per heavy atom. The lowest BCUT2D eigenvalue weighted by Gasteiger charge is -2.24. The largest absolute Gasteiger partial charge is 0.356 e. The van der Waals surface area contributed by atoms with Gasteiger partial charge < -0.3 is 9.88 Å². The first kappa shape index (κ1) is 18.6. The Balaban J connectivity index is 1.90. The summed E-state index contributed by atoms with van der Waals surface area (Å²) < 4.78 is 0. The molecule has 0 unspecified atom stereocenters. The molecular weight excluding hydrogens is 379 g/mol. The molecule has 0 bridgehead atoms. The number of halogens is 2. The fraction of sp³-hybridized carbons (Fsp3) is 0.429. The number of rotatable bonds is 6. The van der Waals surface area contributed by atoms with Crippen molar-refractivity contribution in [3.05, 3.63) is 39.8 Å². The molecule has 27 heavy (non-hydrogen) atoms. The van der Waals surface area contributed by atoms with Crippen molar-refractivity contribution in [3.8, 4) is 11.3 Å². The van der Waals surface area contributed by atoms with E-state index in [1.165, 1.54) is 12.8 Å². The van der Waals surface area contributed by atoms with Crippen molar-refractivity contribution in [2.24, 2.45) is 5.92 Å². The molecule has 4 nitrogen and oxygen atoms in total. The van der Waals surface area contributed by atoms with Crippen LogP contribution >= 0.6 is 23.2 Å². The van der Waals surface area contributed by atoms with Crippen molar-refractivity contribution in [3.63, 3.8) is 0 Å². The van der Waals surface area contributed by atoms with E-state index in [1.807, 2.05) is 19.1 Å². The average Bonchev–Trinajstić information content (AvgIpc) is 3.37. The highest BCUT2D eigenvalue weighted by Crippen LogP contribution is 2.39. The van der Waals surface area contributed by atoms with Gasteiger partial charge in [0.15, 0.2) is 0 Å². The monoisotopic (exact) mass is 402 g/mol. The van der Waals surface area contributed by atoms with E-state index in [0.29, 0.717) is 10.0 Å². The number of aromatic nitrogens is 3. The van der Waals surface area contributed by atoms with E-state index in [4.69, 9.17) is 33.2 Å². The van der Waals surface area contributed by atoms with Crippen LogP contribution < -0.4 is 4.90 Å². The van der Waals surface area contributed by atoms with Gasteiger partial charge in [0.1, 0.15) is 17.2 Å². The number of anilines is 1. The molecule has 142 valence electrons. The topological polar surface area (TPSA) is 44.8 Å². The van der Waals surface area contributed by atoms with Crippen molar-refractivity contribution in [1.29, 1.82) is 0 Å². The molecule has 1 N–H and O–H groups in total. The SMILES string of the molecule is CCCN(CC1CC1)c1nc(C)nc2c(-c3ccc(Cl)cc3Cl)[nH]c(C)c12. The van der Waals surface area contributed by atoms with Crippen molar-refractivity contribution < 1.29 is 0 Å². The molecule has 1 aliphatic carbocycles. The third-order valence-corrected chi connectivity index (χ3v) is 5.64. The Hall–Kier alpha value is -1.78. The van der Waals surface area contributed by atoms with Crippen LogP contribution in [-0.4, -0.2) is 28.0 Å². The van der Waals surface area contributed by atoms with Crippen LogP contribution in [0.1, 0.15) is 37.7 Å². The molecule has 1 aromatic carbocycles. The normalized spacial score (nSPS) is 14.1. The number of hydrogen-bond acceptors (Lipinski definition) is 3. The number of fused-ring (bicyclic) bond motifs is 1. The summed E-state index contributed by atoms with van der Waals surface area (Å²) in [5.74, 6) is 2.61. The Labute approximate surface area is 169 Å². The van der Waals surface area contributed by atoms with Crippen LogP contribution in [0.2, 0.25) is 10.0 Å². The minimum atomic E-state index is 0.617. The van der Waals surface area contributed by atoms with Crippen LogP contribution in [-0.2, 0) is 0 Å². The van der Waals surface area contributed by atoms with Gasteiger partial charge in [0, 0.05) is 29.4 Å². The van der Waals surface area contributed by atoms with Crippen LogP contribution in [0.5, 0.6) is 0 Å². The van der Waals surface area contributed by atoms with Crippen molar-refractivity contribution in [1.82, 2.24) is 15.0 Å². The highest BCUT2D eigenvalue weighted by molar-refractivity contribution is 6.36. The molecular formula is C21H24Cl2N4. The molecule has 0 radical (unpaired) electrons. The van der Waals surface area contributed by atoms with Gasteiger partial charge in [-0.1, -0.05) is 30.1 Å². The van der Waals surface area contributed by atoms with Crippen LogP contribution in [0.4, 0.5) is 5.82 Å². The number of nitrogens with zero attached hydrogens (tertiary/aromatic N) is 3. The van der Waals surface area contributed by atoms with Crippen molar-refractivity contribution in [2.45, 2.75) is 40.0 Å². The molecule has 1 fully saturated rings. The Kier molecular flexibility index (Phi) is 5.04. The van der Waals surface area contributed by atoms with Gasteiger partial charge >= 0.3 is 0 Å². The lowest BCUT2D eigenvalue weighted by Crippen LogP contribution is -2.28. The zero-order valence-corrected chi connectivity index (χ0v) is 17.5.